The number of aldehydes is 1. The highest BCUT2D eigenvalue weighted by molar-refractivity contribution is 5.79. The fourth-order valence-corrected chi connectivity index (χ4v) is 1.84. The van der Waals surface area contributed by atoms with E-state index in [0.717, 1.165) is 32.8 Å². The van der Waals surface area contributed by atoms with Gasteiger partial charge in [-0.05, 0) is 12.1 Å². The molecule has 5 heteroatoms. The lowest BCUT2D eigenvalue weighted by Gasteiger charge is -2.26. The Bertz CT molecular complexity index is 405. The maximum absolute atomic E-state index is 13.0. The van der Waals surface area contributed by atoms with Crippen molar-refractivity contribution in [2.75, 3.05) is 39.5 Å². The maximum atomic E-state index is 13.0. The Kier molecular flexibility index (Phi) is 4.66. The average Bonchev–Trinajstić information content (AvgIpc) is 2.40. The minimum atomic E-state index is -0.401. The van der Waals surface area contributed by atoms with Gasteiger partial charge in [0, 0.05) is 25.7 Å². The summed E-state index contributed by atoms with van der Waals surface area (Å²) in [5.41, 5.74) is 0.373. The molecular weight excluding hydrogens is 237 g/mol. The molecule has 1 saturated heterocycles. The molecule has 0 N–H and O–H groups in total. The number of halogens is 1. The Labute approximate surface area is 105 Å². The summed E-state index contributed by atoms with van der Waals surface area (Å²) >= 11 is 0. The molecule has 2 rings (SSSR count). The maximum Gasteiger partial charge on any atom is 0.153 e. The normalized spacial score (nSPS) is 16.5. The molecule has 0 spiro atoms. The van der Waals surface area contributed by atoms with Crippen molar-refractivity contribution in [2.24, 2.45) is 0 Å². The molecule has 1 fully saturated rings. The standard InChI is InChI=1S/C13H16FNO3/c14-12-2-1-11(10-16)13(9-12)18-8-5-15-3-6-17-7-4-15/h1-2,9-10H,3-8H2. The summed E-state index contributed by atoms with van der Waals surface area (Å²) in [7, 11) is 0. The highest BCUT2D eigenvalue weighted by atomic mass is 19.1. The van der Waals surface area contributed by atoms with E-state index in [-0.39, 0.29) is 0 Å². The number of nitrogens with zero attached hydrogens (tertiary/aromatic N) is 1. The van der Waals surface area contributed by atoms with Gasteiger partial charge in [0.1, 0.15) is 18.2 Å². The van der Waals surface area contributed by atoms with Crippen molar-refractivity contribution in [1.29, 1.82) is 0 Å². The number of rotatable bonds is 5. The third-order valence-corrected chi connectivity index (χ3v) is 2.87. The van der Waals surface area contributed by atoms with Gasteiger partial charge in [0.15, 0.2) is 6.29 Å². The molecule has 18 heavy (non-hydrogen) atoms. The van der Waals surface area contributed by atoms with Gasteiger partial charge in [-0.2, -0.15) is 0 Å². The second-order valence-electron chi connectivity index (χ2n) is 4.10. The Morgan fingerprint density at radius 1 is 1.39 bits per heavy atom. The molecule has 0 saturated carbocycles. The van der Waals surface area contributed by atoms with Crippen LogP contribution >= 0.6 is 0 Å². The van der Waals surface area contributed by atoms with E-state index in [0.29, 0.717) is 24.2 Å². The Hall–Kier alpha value is -1.46. The highest BCUT2D eigenvalue weighted by Crippen LogP contribution is 2.18. The van der Waals surface area contributed by atoms with Gasteiger partial charge in [-0.25, -0.2) is 4.39 Å². The minimum absolute atomic E-state index is 0.304. The van der Waals surface area contributed by atoms with E-state index in [1.54, 1.807) is 0 Å². The van der Waals surface area contributed by atoms with Crippen LogP contribution in [-0.4, -0.2) is 50.6 Å². The van der Waals surface area contributed by atoms with E-state index in [1.807, 2.05) is 0 Å². The van der Waals surface area contributed by atoms with Gasteiger partial charge in [-0.3, -0.25) is 9.69 Å². The Morgan fingerprint density at radius 2 is 2.17 bits per heavy atom. The number of carbonyl (C=O) groups excluding carboxylic acids is 1. The summed E-state index contributed by atoms with van der Waals surface area (Å²) in [6.45, 7) is 4.42. The molecule has 1 aromatic rings. The predicted octanol–water partition coefficient (Wildman–Crippen LogP) is 1.35. The zero-order chi connectivity index (χ0) is 12.8. The quantitative estimate of drug-likeness (QED) is 0.742. The molecule has 1 aromatic carbocycles. The number of ether oxygens (including phenoxy) is 2. The van der Waals surface area contributed by atoms with Crippen LogP contribution in [0.15, 0.2) is 18.2 Å². The van der Waals surface area contributed by atoms with Crippen molar-refractivity contribution in [1.82, 2.24) is 4.90 Å². The lowest BCUT2D eigenvalue weighted by Crippen LogP contribution is -2.38. The summed E-state index contributed by atoms with van der Waals surface area (Å²) in [5, 5.41) is 0. The fourth-order valence-electron chi connectivity index (χ4n) is 1.84. The van der Waals surface area contributed by atoms with E-state index >= 15 is 0 Å². The topological polar surface area (TPSA) is 38.8 Å². The van der Waals surface area contributed by atoms with Crippen molar-refractivity contribution >= 4 is 6.29 Å². The van der Waals surface area contributed by atoms with Crippen LogP contribution in [0, 0.1) is 5.82 Å². The molecule has 1 heterocycles. The second-order valence-corrected chi connectivity index (χ2v) is 4.10. The van der Waals surface area contributed by atoms with Crippen LogP contribution < -0.4 is 4.74 Å². The second kappa shape index (κ2) is 6.47. The van der Waals surface area contributed by atoms with Crippen molar-refractivity contribution in [3.05, 3.63) is 29.6 Å². The third-order valence-electron chi connectivity index (χ3n) is 2.87. The predicted molar refractivity (Wildman–Crippen MR) is 64.5 cm³/mol. The Balaban J connectivity index is 1.85. The van der Waals surface area contributed by atoms with Gasteiger partial charge in [-0.15, -0.1) is 0 Å². The van der Waals surface area contributed by atoms with Gasteiger partial charge in [0.25, 0.3) is 0 Å². The lowest BCUT2D eigenvalue weighted by molar-refractivity contribution is 0.0322. The molecule has 0 aromatic heterocycles. The van der Waals surface area contributed by atoms with E-state index < -0.39 is 5.82 Å². The average molecular weight is 253 g/mol. The molecule has 0 bridgehead atoms. The first-order valence-electron chi connectivity index (χ1n) is 5.97. The summed E-state index contributed by atoms with van der Waals surface area (Å²) in [4.78, 5) is 13.0. The van der Waals surface area contributed by atoms with Gasteiger partial charge < -0.3 is 9.47 Å². The molecular formula is C13H16FNO3. The van der Waals surface area contributed by atoms with Gasteiger partial charge in [0.2, 0.25) is 0 Å². The number of benzene rings is 1. The lowest BCUT2D eigenvalue weighted by atomic mass is 10.2. The van der Waals surface area contributed by atoms with Crippen LogP contribution in [0.5, 0.6) is 5.75 Å². The molecule has 4 nitrogen and oxygen atoms in total. The number of carbonyl (C=O) groups is 1. The summed E-state index contributed by atoms with van der Waals surface area (Å²) in [5.74, 6) is -0.0970. The van der Waals surface area contributed by atoms with Crippen LogP contribution in [-0.2, 0) is 4.74 Å². The van der Waals surface area contributed by atoms with Crippen LogP contribution in [0.25, 0.3) is 0 Å². The van der Waals surface area contributed by atoms with Crippen molar-refractivity contribution < 1.29 is 18.7 Å². The first-order chi connectivity index (χ1) is 8.79. The van der Waals surface area contributed by atoms with E-state index in [4.69, 9.17) is 9.47 Å². The van der Waals surface area contributed by atoms with Crippen molar-refractivity contribution in [2.45, 2.75) is 0 Å². The zero-order valence-corrected chi connectivity index (χ0v) is 10.1. The molecule has 98 valence electrons. The van der Waals surface area contributed by atoms with Crippen molar-refractivity contribution in [3.63, 3.8) is 0 Å². The van der Waals surface area contributed by atoms with Gasteiger partial charge >= 0.3 is 0 Å². The molecule has 1 aliphatic heterocycles. The summed E-state index contributed by atoms with van der Waals surface area (Å²) in [6, 6.07) is 3.91. The number of hydrogen-bond donors (Lipinski definition) is 0. The van der Waals surface area contributed by atoms with Crippen LogP contribution in [0.1, 0.15) is 10.4 Å². The summed E-state index contributed by atoms with van der Waals surface area (Å²) < 4.78 is 23.7. The molecule has 0 unspecified atom stereocenters. The first kappa shape index (κ1) is 13.0. The number of hydrogen-bond acceptors (Lipinski definition) is 4. The van der Waals surface area contributed by atoms with Crippen molar-refractivity contribution in [3.8, 4) is 5.75 Å². The fraction of sp³-hybridized carbons (Fsp3) is 0.462. The molecule has 0 radical (unpaired) electrons. The van der Waals surface area contributed by atoms with Gasteiger partial charge in [-0.1, -0.05) is 0 Å². The van der Waals surface area contributed by atoms with Crippen LogP contribution in [0.2, 0.25) is 0 Å². The van der Waals surface area contributed by atoms with Gasteiger partial charge in [0.05, 0.1) is 18.8 Å². The largest absolute Gasteiger partial charge is 0.491 e. The monoisotopic (exact) mass is 253 g/mol. The van der Waals surface area contributed by atoms with E-state index in [2.05, 4.69) is 4.90 Å². The number of morpholine rings is 1. The highest BCUT2D eigenvalue weighted by Gasteiger charge is 2.10. The SMILES string of the molecule is O=Cc1ccc(F)cc1OCCN1CCOCC1. The van der Waals surface area contributed by atoms with Crippen LogP contribution in [0.4, 0.5) is 4.39 Å². The zero-order valence-electron chi connectivity index (χ0n) is 10.1. The first-order valence-corrected chi connectivity index (χ1v) is 5.97. The minimum Gasteiger partial charge on any atom is -0.491 e. The third kappa shape index (κ3) is 3.51. The molecule has 0 amide bonds. The molecule has 0 atom stereocenters. The molecule has 0 aliphatic carbocycles. The van der Waals surface area contributed by atoms with E-state index in [1.165, 1.54) is 18.2 Å². The smallest absolute Gasteiger partial charge is 0.153 e. The Morgan fingerprint density at radius 3 is 2.89 bits per heavy atom. The molecule has 1 aliphatic rings. The van der Waals surface area contributed by atoms with E-state index in [9.17, 15) is 9.18 Å². The summed E-state index contributed by atoms with van der Waals surface area (Å²) in [6.07, 6.45) is 0.670. The van der Waals surface area contributed by atoms with Crippen LogP contribution in [0.3, 0.4) is 0 Å².